The van der Waals surface area contributed by atoms with E-state index in [1.165, 1.54) is 40.7 Å². The molecule has 1 aliphatic heterocycles. The summed E-state index contributed by atoms with van der Waals surface area (Å²) in [5, 5.41) is 11.4. The monoisotopic (exact) mass is 413 g/mol. The molecule has 0 bridgehead atoms. The van der Waals surface area contributed by atoms with Gasteiger partial charge in [-0.25, -0.2) is 13.2 Å². The lowest BCUT2D eigenvalue weighted by atomic mass is 10.1. The summed E-state index contributed by atoms with van der Waals surface area (Å²) >= 11 is 0. The Morgan fingerprint density at radius 3 is 2.45 bits per heavy atom. The number of nitrogens with zero attached hydrogens (tertiary/aromatic N) is 2. The Bertz CT molecular complexity index is 1050. The normalized spacial score (nSPS) is 14.2. The molecule has 2 aromatic rings. The van der Waals surface area contributed by atoms with Gasteiger partial charge in [0.25, 0.3) is 5.91 Å². The maximum atomic E-state index is 12.5. The summed E-state index contributed by atoms with van der Waals surface area (Å²) in [7, 11) is -3.51. The van der Waals surface area contributed by atoms with Crippen LogP contribution < -0.4 is 5.32 Å². The van der Waals surface area contributed by atoms with E-state index in [2.05, 4.69) is 5.32 Å². The molecule has 1 saturated heterocycles. The Balaban J connectivity index is 1.55. The number of benzene rings is 2. The average Bonchev–Trinajstić information content (AvgIpc) is 3.28. The van der Waals surface area contributed by atoms with Gasteiger partial charge in [-0.1, -0.05) is 6.07 Å². The Morgan fingerprint density at radius 2 is 1.79 bits per heavy atom. The van der Waals surface area contributed by atoms with Gasteiger partial charge in [0.1, 0.15) is 0 Å². The molecule has 3 rings (SSSR count). The van der Waals surface area contributed by atoms with Crippen molar-refractivity contribution in [3.63, 3.8) is 0 Å². The van der Waals surface area contributed by atoms with Crippen LogP contribution >= 0.6 is 0 Å². The molecular weight excluding hydrogens is 394 g/mol. The number of esters is 1. The predicted molar refractivity (Wildman–Crippen MR) is 105 cm³/mol. The zero-order valence-electron chi connectivity index (χ0n) is 15.5. The quantitative estimate of drug-likeness (QED) is 0.725. The van der Waals surface area contributed by atoms with Crippen LogP contribution in [0.5, 0.6) is 0 Å². The number of sulfonamides is 1. The first-order valence-corrected chi connectivity index (χ1v) is 10.4. The topological polar surface area (TPSA) is 117 Å². The lowest BCUT2D eigenvalue weighted by Gasteiger charge is -2.15. The van der Waals surface area contributed by atoms with Gasteiger partial charge in [-0.3, -0.25) is 4.79 Å². The van der Waals surface area contributed by atoms with Gasteiger partial charge in [-0.05, 0) is 55.3 Å². The molecule has 1 N–H and O–H groups in total. The third-order valence-electron chi connectivity index (χ3n) is 4.40. The number of hydrogen-bond acceptors (Lipinski definition) is 6. The highest BCUT2D eigenvalue weighted by molar-refractivity contribution is 7.89. The van der Waals surface area contributed by atoms with Crippen LogP contribution in [0.2, 0.25) is 0 Å². The number of anilines is 1. The molecule has 2 aromatic carbocycles. The van der Waals surface area contributed by atoms with Crippen LogP contribution in [0.1, 0.15) is 28.8 Å². The summed E-state index contributed by atoms with van der Waals surface area (Å²) in [4.78, 5) is 24.1. The van der Waals surface area contributed by atoms with E-state index in [1.54, 1.807) is 12.1 Å². The van der Waals surface area contributed by atoms with Crippen LogP contribution in [-0.4, -0.2) is 44.3 Å². The molecular formula is C20H19N3O5S. The van der Waals surface area contributed by atoms with Crippen molar-refractivity contribution < 1.29 is 22.7 Å². The van der Waals surface area contributed by atoms with Crippen LogP contribution in [0.3, 0.4) is 0 Å². The number of hydrogen-bond donors (Lipinski definition) is 1. The summed E-state index contributed by atoms with van der Waals surface area (Å²) in [5.41, 5.74) is 0.874. The number of carbonyl (C=O) groups is 2. The number of rotatable bonds is 6. The molecule has 0 aromatic heterocycles. The van der Waals surface area contributed by atoms with Crippen molar-refractivity contribution >= 4 is 27.6 Å². The third-order valence-corrected chi connectivity index (χ3v) is 6.32. The summed E-state index contributed by atoms with van der Waals surface area (Å²) in [6, 6.07) is 13.7. The van der Waals surface area contributed by atoms with Crippen molar-refractivity contribution in [2.75, 3.05) is 25.0 Å². The fraction of sp³-hybridized carbons (Fsp3) is 0.250. The van der Waals surface area contributed by atoms with E-state index in [9.17, 15) is 18.0 Å². The minimum absolute atomic E-state index is 0.168. The largest absolute Gasteiger partial charge is 0.452 e. The highest BCUT2D eigenvalue weighted by atomic mass is 32.2. The molecule has 0 unspecified atom stereocenters. The van der Waals surface area contributed by atoms with E-state index >= 15 is 0 Å². The minimum Gasteiger partial charge on any atom is -0.452 e. The fourth-order valence-electron chi connectivity index (χ4n) is 2.91. The highest BCUT2D eigenvalue weighted by Crippen LogP contribution is 2.22. The molecule has 29 heavy (non-hydrogen) atoms. The lowest BCUT2D eigenvalue weighted by molar-refractivity contribution is -0.119. The second-order valence-electron chi connectivity index (χ2n) is 6.45. The number of nitriles is 1. The van der Waals surface area contributed by atoms with Crippen molar-refractivity contribution in [3.05, 3.63) is 59.7 Å². The van der Waals surface area contributed by atoms with Crippen molar-refractivity contribution in [2.24, 2.45) is 0 Å². The van der Waals surface area contributed by atoms with Crippen molar-refractivity contribution in [2.45, 2.75) is 17.7 Å². The van der Waals surface area contributed by atoms with Gasteiger partial charge >= 0.3 is 5.97 Å². The minimum atomic E-state index is -3.51. The van der Waals surface area contributed by atoms with E-state index in [0.29, 0.717) is 24.3 Å². The van der Waals surface area contributed by atoms with Gasteiger partial charge in [0.15, 0.2) is 6.61 Å². The standard InChI is InChI=1S/C20H19N3O5S/c21-13-15-4-3-5-16(12-15)20(25)28-14-19(24)22-17-6-8-18(9-7-17)29(26,27)23-10-1-2-11-23/h3-9,12H,1-2,10-11,14H2,(H,22,24). The summed E-state index contributed by atoms with van der Waals surface area (Å²) in [5.74, 6) is -1.28. The third kappa shape index (κ3) is 4.99. The zero-order chi connectivity index (χ0) is 20.9. The van der Waals surface area contributed by atoms with Gasteiger partial charge in [0.2, 0.25) is 10.0 Å². The number of carbonyl (C=O) groups excluding carboxylic acids is 2. The maximum absolute atomic E-state index is 12.5. The number of amides is 1. The van der Waals surface area contributed by atoms with Crippen LogP contribution in [0.15, 0.2) is 53.4 Å². The van der Waals surface area contributed by atoms with Gasteiger partial charge in [-0.15, -0.1) is 0 Å². The summed E-state index contributed by atoms with van der Waals surface area (Å²) in [6.45, 7) is 0.524. The molecule has 0 atom stereocenters. The van der Waals surface area contributed by atoms with Crippen LogP contribution in [-0.2, 0) is 19.6 Å². The summed E-state index contributed by atoms with van der Waals surface area (Å²) in [6.07, 6.45) is 1.71. The molecule has 0 radical (unpaired) electrons. The van der Waals surface area contributed by atoms with Crippen molar-refractivity contribution in [1.82, 2.24) is 4.31 Å². The lowest BCUT2D eigenvalue weighted by Crippen LogP contribution is -2.27. The van der Waals surface area contributed by atoms with Gasteiger partial charge < -0.3 is 10.1 Å². The molecule has 0 spiro atoms. The zero-order valence-corrected chi connectivity index (χ0v) is 16.3. The molecule has 1 amide bonds. The summed E-state index contributed by atoms with van der Waals surface area (Å²) < 4.78 is 31.4. The second kappa shape index (κ2) is 8.86. The highest BCUT2D eigenvalue weighted by Gasteiger charge is 2.26. The van der Waals surface area contributed by atoms with Gasteiger partial charge in [0.05, 0.1) is 22.1 Å². The van der Waals surface area contributed by atoms with E-state index in [1.807, 2.05) is 6.07 Å². The van der Waals surface area contributed by atoms with Crippen LogP contribution in [0.25, 0.3) is 0 Å². The first-order valence-electron chi connectivity index (χ1n) is 8.97. The molecule has 150 valence electrons. The Morgan fingerprint density at radius 1 is 1.10 bits per heavy atom. The van der Waals surface area contributed by atoms with Crippen LogP contribution in [0.4, 0.5) is 5.69 Å². The van der Waals surface area contributed by atoms with E-state index in [-0.39, 0.29) is 10.5 Å². The number of ether oxygens (including phenoxy) is 1. The van der Waals surface area contributed by atoms with E-state index in [4.69, 9.17) is 10.00 Å². The van der Waals surface area contributed by atoms with E-state index in [0.717, 1.165) is 12.8 Å². The van der Waals surface area contributed by atoms with E-state index < -0.39 is 28.5 Å². The first-order chi connectivity index (χ1) is 13.9. The molecule has 8 nitrogen and oxygen atoms in total. The fourth-order valence-corrected chi connectivity index (χ4v) is 4.43. The van der Waals surface area contributed by atoms with Crippen LogP contribution in [0, 0.1) is 11.3 Å². The Hall–Kier alpha value is -3.22. The Labute approximate surface area is 168 Å². The van der Waals surface area contributed by atoms with Crippen molar-refractivity contribution in [1.29, 1.82) is 5.26 Å². The Kier molecular flexibility index (Phi) is 6.26. The molecule has 0 saturated carbocycles. The predicted octanol–water partition coefficient (Wildman–Crippen LogP) is 2.14. The maximum Gasteiger partial charge on any atom is 0.338 e. The SMILES string of the molecule is N#Cc1cccc(C(=O)OCC(=O)Nc2ccc(S(=O)(=O)N3CCCC3)cc2)c1. The molecule has 1 heterocycles. The van der Waals surface area contributed by atoms with Gasteiger partial charge in [-0.2, -0.15) is 9.57 Å². The van der Waals surface area contributed by atoms with Crippen molar-refractivity contribution in [3.8, 4) is 6.07 Å². The molecule has 0 aliphatic carbocycles. The van der Waals surface area contributed by atoms with Gasteiger partial charge in [0, 0.05) is 18.8 Å². The number of nitrogens with one attached hydrogen (secondary N) is 1. The average molecular weight is 413 g/mol. The smallest absolute Gasteiger partial charge is 0.338 e. The molecule has 9 heteroatoms. The first kappa shape index (κ1) is 20.5. The molecule has 1 fully saturated rings. The second-order valence-corrected chi connectivity index (χ2v) is 8.39. The molecule has 1 aliphatic rings.